The first kappa shape index (κ1) is 27.2. The van der Waals surface area contributed by atoms with Crippen LogP contribution in [0.2, 0.25) is 5.02 Å². The van der Waals surface area contributed by atoms with Crippen molar-refractivity contribution in [2.75, 3.05) is 23.4 Å². The summed E-state index contributed by atoms with van der Waals surface area (Å²) in [6.07, 6.45) is 1.26. The average molecular weight is 550 g/mol. The highest BCUT2D eigenvalue weighted by Gasteiger charge is 2.37. The van der Waals surface area contributed by atoms with Gasteiger partial charge in [0.1, 0.15) is 11.3 Å². The lowest BCUT2D eigenvalue weighted by molar-refractivity contribution is -0.122. The number of nitrogens with one attached hydrogen (secondary N) is 2. The summed E-state index contributed by atoms with van der Waals surface area (Å²) in [5, 5.41) is 14.5. The summed E-state index contributed by atoms with van der Waals surface area (Å²) in [5.74, 6) is -1.91. The molecule has 1 aliphatic rings. The number of barbiturate groups is 1. The molecule has 0 aliphatic carbocycles. The third-order valence-corrected chi connectivity index (χ3v) is 5.90. The summed E-state index contributed by atoms with van der Waals surface area (Å²) in [5.41, 5.74) is 1.70. The number of ether oxygens (including phenoxy) is 2. The number of anilines is 2. The lowest BCUT2D eigenvalue weighted by Gasteiger charge is -2.26. The number of hydrogen-bond donors (Lipinski definition) is 3. The van der Waals surface area contributed by atoms with Gasteiger partial charge in [0.25, 0.3) is 17.7 Å². The number of rotatable bonds is 8. The largest absolute Gasteiger partial charge is 0.508 e. The van der Waals surface area contributed by atoms with Gasteiger partial charge in [-0.3, -0.25) is 19.7 Å². The number of urea groups is 1. The van der Waals surface area contributed by atoms with E-state index < -0.39 is 23.8 Å². The van der Waals surface area contributed by atoms with Crippen molar-refractivity contribution in [3.05, 3.63) is 82.4 Å². The molecule has 1 fully saturated rings. The van der Waals surface area contributed by atoms with Gasteiger partial charge < -0.3 is 19.9 Å². The Balaban J connectivity index is 1.58. The van der Waals surface area contributed by atoms with E-state index in [1.54, 1.807) is 19.1 Å². The van der Waals surface area contributed by atoms with Gasteiger partial charge in [0.15, 0.2) is 18.1 Å². The number of carbonyl (C=O) groups is 4. The predicted octanol–water partition coefficient (Wildman–Crippen LogP) is 4.44. The summed E-state index contributed by atoms with van der Waals surface area (Å²) in [4.78, 5) is 51.3. The van der Waals surface area contributed by atoms with E-state index in [-0.39, 0.29) is 46.7 Å². The molecule has 1 heterocycles. The van der Waals surface area contributed by atoms with E-state index in [2.05, 4.69) is 10.6 Å². The van der Waals surface area contributed by atoms with E-state index in [0.717, 1.165) is 10.5 Å². The maximum Gasteiger partial charge on any atom is 0.335 e. The summed E-state index contributed by atoms with van der Waals surface area (Å²) in [7, 11) is 0. The molecule has 0 radical (unpaired) electrons. The zero-order valence-electron chi connectivity index (χ0n) is 21.0. The molecule has 1 aliphatic heterocycles. The molecule has 3 aromatic rings. The minimum Gasteiger partial charge on any atom is -0.508 e. The highest BCUT2D eigenvalue weighted by atomic mass is 35.5. The van der Waals surface area contributed by atoms with Gasteiger partial charge >= 0.3 is 6.03 Å². The highest BCUT2D eigenvalue weighted by Crippen LogP contribution is 2.37. The van der Waals surface area contributed by atoms with Crippen molar-refractivity contribution in [3.8, 4) is 17.2 Å². The van der Waals surface area contributed by atoms with E-state index in [9.17, 15) is 24.3 Å². The van der Waals surface area contributed by atoms with Crippen molar-refractivity contribution in [3.63, 3.8) is 0 Å². The van der Waals surface area contributed by atoms with Crippen LogP contribution in [-0.2, 0) is 14.4 Å². The number of carbonyl (C=O) groups excluding carboxylic acids is 4. The van der Waals surface area contributed by atoms with E-state index in [1.165, 1.54) is 42.5 Å². The number of hydrogen-bond acceptors (Lipinski definition) is 7. The first-order chi connectivity index (χ1) is 18.7. The fourth-order valence-corrected chi connectivity index (χ4v) is 4.05. The fraction of sp³-hybridized carbons (Fsp3) is 0.143. The number of halogens is 1. The summed E-state index contributed by atoms with van der Waals surface area (Å²) < 4.78 is 11.3. The number of nitrogens with zero attached hydrogens (tertiary/aromatic N) is 1. The molecule has 39 heavy (non-hydrogen) atoms. The molecule has 200 valence electrons. The predicted molar refractivity (Wildman–Crippen MR) is 145 cm³/mol. The normalized spacial score (nSPS) is 14.3. The van der Waals surface area contributed by atoms with Crippen LogP contribution in [0.25, 0.3) is 6.08 Å². The molecule has 0 unspecified atom stereocenters. The van der Waals surface area contributed by atoms with Gasteiger partial charge in [-0.1, -0.05) is 29.8 Å². The maximum atomic E-state index is 13.1. The lowest BCUT2D eigenvalue weighted by Crippen LogP contribution is -2.54. The van der Waals surface area contributed by atoms with Crippen molar-refractivity contribution in [1.82, 2.24) is 5.32 Å². The van der Waals surface area contributed by atoms with E-state index >= 15 is 0 Å². The van der Waals surface area contributed by atoms with Crippen LogP contribution < -0.4 is 25.0 Å². The first-order valence-electron chi connectivity index (χ1n) is 11.8. The number of imide groups is 2. The molecular formula is C28H24ClN3O7. The number of amides is 5. The Morgan fingerprint density at radius 1 is 1.08 bits per heavy atom. The molecule has 1 saturated heterocycles. The van der Waals surface area contributed by atoms with Crippen molar-refractivity contribution < 1.29 is 33.8 Å². The maximum absolute atomic E-state index is 13.1. The Kier molecular flexibility index (Phi) is 8.16. The molecule has 0 atom stereocenters. The fourth-order valence-electron chi connectivity index (χ4n) is 3.77. The van der Waals surface area contributed by atoms with E-state index in [1.807, 2.05) is 19.1 Å². The van der Waals surface area contributed by atoms with Crippen LogP contribution in [0.4, 0.5) is 16.2 Å². The van der Waals surface area contributed by atoms with Crippen LogP contribution in [0.15, 0.2) is 66.2 Å². The zero-order chi connectivity index (χ0) is 28.1. The Bertz CT molecular complexity index is 1480. The first-order valence-corrected chi connectivity index (χ1v) is 12.2. The standard InChI is InChI=1S/C28H24ClN3O7/c1-3-38-23-14-17(13-21(29)25(23)39-15-24(34)30-22-7-5-4-6-16(22)2)12-20-26(35)31-28(37)32(27(20)36)18-8-10-19(33)11-9-18/h4-14,33H,3,15H2,1-2H3,(H,30,34)(H,31,35,37)/b20-12-. The molecule has 3 aromatic carbocycles. The number of para-hydroxylation sites is 1. The number of phenols is 1. The van der Waals surface area contributed by atoms with E-state index in [4.69, 9.17) is 21.1 Å². The second-order valence-electron chi connectivity index (χ2n) is 8.39. The third-order valence-electron chi connectivity index (χ3n) is 5.62. The molecule has 4 rings (SSSR count). The minimum absolute atomic E-state index is 0.0523. The molecule has 10 nitrogen and oxygen atoms in total. The van der Waals surface area contributed by atoms with Crippen LogP contribution in [0.1, 0.15) is 18.1 Å². The van der Waals surface area contributed by atoms with E-state index in [0.29, 0.717) is 11.3 Å². The van der Waals surface area contributed by atoms with Gasteiger partial charge in [-0.25, -0.2) is 9.69 Å². The molecular weight excluding hydrogens is 526 g/mol. The van der Waals surface area contributed by atoms with Gasteiger partial charge in [-0.2, -0.15) is 0 Å². The lowest BCUT2D eigenvalue weighted by atomic mass is 10.1. The molecule has 11 heteroatoms. The molecule has 0 aromatic heterocycles. The van der Waals surface area contributed by atoms with Crippen LogP contribution >= 0.6 is 11.6 Å². The molecule has 0 saturated carbocycles. The molecule has 3 N–H and O–H groups in total. The number of aryl methyl sites for hydroxylation is 1. The van der Waals surface area contributed by atoms with Gasteiger partial charge in [-0.05, 0) is 73.5 Å². The quantitative estimate of drug-likeness (QED) is 0.279. The van der Waals surface area contributed by atoms with Crippen LogP contribution in [0.3, 0.4) is 0 Å². The number of benzene rings is 3. The number of aromatic hydroxyl groups is 1. The van der Waals surface area contributed by atoms with Gasteiger partial charge in [-0.15, -0.1) is 0 Å². The van der Waals surface area contributed by atoms with Crippen LogP contribution in [0.5, 0.6) is 17.2 Å². The smallest absolute Gasteiger partial charge is 0.335 e. The Hall–Kier alpha value is -4.83. The van der Waals surface area contributed by atoms with Gasteiger partial charge in [0, 0.05) is 5.69 Å². The monoisotopic (exact) mass is 549 g/mol. The zero-order valence-corrected chi connectivity index (χ0v) is 21.7. The van der Waals surface area contributed by atoms with Gasteiger partial charge in [0.2, 0.25) is 0 Å². The summed E-state index contributed by atoms with van der Waals surface area (Å²) in [6.45, 7) is 3.50. The summed E-state index contributed by atoms with van der Waals surface area (Å²) >= 11 is 6.45. The Morgan fingerprint density at radius 3 is 2.49 bits per heavy atom. The van der Waals surface area contributed by atoms with Crippen LogP contribution in [0, 0.1) is 6.92 Å². The van der Waals surface area contributed by atoms with Crippen molar-refractivity contribution in [1.29, 1.82) is 0 Å². The second-order valence-corrected chi connectivity index (χ2v) is 8.80. The highest BCUT2D eigenvalue weighted by molar-refractivity contribution is 6.39. The SMILES string of the molecule is CCOc1cc(/C=C2/C(=O)NC(=O)N(c3ccc(O)cc3)C2=O)cc(Cl)c1OCC(=O)Nc1ccccc1C. The van der Waals surface area contributed by atoms with Crippen molar-refractivity contribution in [2.24, 2.45) is 0 Å². The average Bonchev–Trinajstić information content (AvgIpc) is 2.88. The molecule has 5 amide bonds. The van der Waals surface area contributed by atoms with Crippen molar-refractivity contribution in [2.45, 2.75) is 13.8 Å². The van der Waals surface area contributed by atoms with Crippen LogP contribution in [-0.4, -0.2) is 42.1 Å². The van der Waals surface area contributed by atoms with Gasteiger partial charge in [0.05, 0.1) is 17.3 Å². The summed E-state index contributed by atoms with van der Waals surface area (Å²) in [6, 6.07) is 14.7. The minimum atomic E-state index is -0.923. The Labute approximate surface area is 228 Å². The Morgan fingerprint density at radius 2 is 1.79 bits per heavy atom. The second kappa shape index (κ2) is 11.7. The third kappa shape index (κ3) is 6.19. The van der Waals surface area contributed by atoms with Crippen molar-refractivity contribution >= 4 is 52.8 Å². The topological polar surface area (TPSA) is 134 Å². The molecule has 0 spiro atoms. The molecule has 0 bridgehead atoms. The number of phenolic OH excluding ortho intramolecular Hbond substituents is 1.